The highest BCUT2D eigenvalue weighted by Crippen LogP contribution is 2.27. The third kappa shape index (κ3) is 7.52. The second kappa shape index (κ2) is 8.28. The smallest absolute Gasteiger partial charge is 0.264 e. The summed E-state index contributed by atoms with van der Waals surface area (Å²) in [4.78, 5) is 12.1. The molecule has 7 heteroatoms. The molecule has 0 aliphatic rings. The monoisotopic (exact) mass is 317 g/mol. The lowest BCUT2D eigenvalue weighted by molar-refractivity contribution is -0.114. The first-order chi connectivity index (χ1) is 9.38. The molecule has 0 saturated heterocycles. The van der Waals surface area contributed by atoms with E-state index in [0.29, 0.717) is 6.42 Å². The highest BCUT2D eigenvalue weighted by molar-refractivity contribution is 7.99. The summed E-state index contributed by atoms with van der Waals surface area (Å²) in [7, 11) is -3.84. The van der Waals surface area contributed by atoms with E-state index >= 15 is 0 Å². The Labute approximate surface area is 123 Å². The Balaban J connectivity index is 2.33. The van der Waals surface area contributed by atoms with Gasteiger partial charge in [-0.1, -0.05) is 18.6 Å². The van der Waals surface area contributed by atoms with Crippen LogP contribution in [-0.4, -0.2) is 30.4 Å². The first-order valence-electron chi connectivity index (χ1n) is 6.33. The molecule has 0 atom stereocenters. The van der Waals surface area contributed by atoms with Crippen LogP contribution in [0.25, 0.3) is 0 Å². The van der Waals surface area contributed by atoms with E-state index in [2.05, 4.69) is 5.32 Å². The molecule has 0 bridgehead atoms. The number of hydrogen-bond acceptors (Lipinski definition) is 4. The van der Waals surface area contributed by atoms with Crippen molar-refractivity contribution >= 4 is 33.5 Å². The lowest BCUT2D eigenvalue weighted by Crippen LogP contribution is -2.06. The number of nitrogens with one attached hydrogen (secondary N) is 1. The lowest BCUT2D eigenvalue weighted by Gasteiger charge is -2.09. The Kier molecular flexibility index (Phi) is 7.04. The molecule has 0 heterocycles. The molecule has 1 aromatic rings. The number of carbonyl (C=O) groups excluding carboxylic acids is 1. The van der Waals surface area contributed by atoms with Gasteiger partial charge in [-0.3, -0.25) is 9.35 Å². The van der Waals surface area contributed by atoms with Gasteiger partial charge in [0.2, 0.25) is 5.91 Å². The van der Waals surface area contributed by atoms with E-state index in [0.717, 1.165) is 29.2 Å². The summed E-state index contributed by atoms with van der Waals surface area (Å²) in [6.45, 7) is 1.47. The fraction of sp³-hybridized carbons (Fsp3) is 0.462. The minimum Gasteiger partial charge on any atom is -0.325 e. The number of anilines is 1. The van der Waals surface area contributed by atoms with Gasteiger partial charge in [-0.15, -0.1) is 11.8 Å². The normalized spacial score (nSPS) is 11.3. The molecule has 2 N–H and O–H groups in total. The average Bonchev–Trinajstić information content (AvgIpc) is 2.33. The number of hydrogen-bond donors (Lipinski definition) is 2. The molecule has 0 fully saturated rings. The largest absolute Gasteiger partial charge is 0.325 e. The van der Waals surface area contributed by atoms with Crippen LogP contribution in [-0.2, 0) is 14.9 Å². The lowest BCUT2D eigenvalue weighted by atomic mass is 10.3. The van der Waals surface area contributed by atoms with E-state index in [-0.39, 0.29) is 11.7 Å². The van der Waals surface area contributed by atoms with Crippen molar-refractivity contribution in [3.05, 3.63) is 24.3 Å². The third-order valence-electron chi connectivity index (χ3n) is 2.50. The highest BCUT2D eigenvalue weighted by atomic mass is 32.2. The van der Waals surface area contributed by atoms with Gasteiger partial charge < -0.3 is 5.32 Å². The van der Waals surface area contributed by atoms with Crippen molar-refractivity contribution in [1.29, 1.82) is 0 Å². The zero-order valence-electron chi connectivity index (χ0n) is 11.3. The molecule has 0 aliphatic carbocycles. The van der Waals surface area contributed by atoms with Crippen LogP contribution in [0.5, 0.6) is 0 Å². The number of carbonyl (C=O) groups is 1. The molecule has 112 valence electrons. The van der Waals surface area contributed by atoms with Crippen LogP contribution >= 0.6 is 11.8 Å². The summed E-state index contributed by atoms with van der Waals surface area (Å²) >= 11 is 1.62. The van der Waals surface area contributed by atoms with Crippen LogP contribution in [0, 0.1) is 0 Å². The molecule has 1 rings (SSSR count). The first kappa shape index (κ1) is 17.0. The van der Waals surface area contributed by atoms with Gasteiger partial charge in [-0.25, -0.2) is 0 Å². The zero-order chi connectivity index (χ0) is 15.0. The first-order valence-corrected chi connectivity index (χ1v) is 8.92. The van der Waals surface area contributed by atoms with Gasteiger partial charge >= 0.3 is 0 Å². The Morgan fingerprint density at radius 3 is 2.60 bits per heavy atom. The predicted molar refractivity (Wildman–Crippen MR) is 81.7 cm³/mol. The third-order valence-corrected chi connectivity index (χ3v) is 4.47. The Morgan fingerprint density at radius 2 is 1.95 bits per heavy atom. The minimum absolute atomic E-state index is 0.105. The maximum atomic E-state index is 11.1. The number of unbranched alkanes of at least 4 members (excludes halogenated alkanes) is 2. The minimum atomic E-state index is -3.84. The van der Waals surface area contributed by atoms with Crippen molar-refractivity contribution in [3.63, 3.8) is 0 Å². The van der Waals surface area contributed by atoms with E-state index in [1.807, 2.05) is 24.3 Å². The molecule has 1 amide bonds. The van der Waals surface area contributed by atoms with E-state index in [4.69, 9.17) is 4.55 Å². The van der Waals surface area contributed by atoms with Gasteiger partial charge in [0.25, 0.3) is 10.1 Å². The molecule has 5 nitrogen and oxygen atoms in total. The van der Waals surface area contributed by atoms with Crippen LogP contribution in [0.4, 0.5) is 5.69 Å². The summed E-state index contributed by atoms with van der Waals surface area (Å²) in [5, 5.41) is 2.77. The molecule has 20 heavy (non-hydrogen) atoms. The molecular weight excluding hydrogens is 298 g/mol. The van der Waals surface area contributed by atoms with E-state index in [1.54, 1.807) is 11.8 Å². The van der Waals surface area contributed by atoms with Crippen molar-refractivity contribution in [2.24, 2.45) is 0 Å². The van der Waals surface area contributed by atoms with Gasteiger partial charge in [0, 0.05) is 11.8 Å². The summed E-state index contributed by atoms with van der Waals surface area (Å²) in [5.41, 5.74) is 0.794. The maximum Gasteiger partial charge on any atom is 0.264 e. The molecule has 0 aliphatic heterocycles. The summed E-state index contributed by atoms with van der Waals surface area (Å²) in [6, 6.07) is 7.56. The van der Waals surface area contributed by atoms with Crippen molar-refractivity contribution in [3.8, 4) is 0 Å². The second-order valence-electron chi connectivity index (χ2n) is 4.37. The van der Waals surface area contributed by atoms with E-state index in [1.165, 1.54) is 6.92 Å². The molecular formula is C13H19NO4S2. The number of amides is 1. The van der Waals surface area contributed by atoms with Crippen LogP contribution in [0.2, 0.25) is 0 Å². The molecule has 1 aromatic carbocycles. The Bertz CT molecular complexity index is 543. The summed E-state index contributed by atoms with van der Waals surface area (Å²) in [5.74, 6) is 0.550. The SMILES string of the molecule is CC(=O)Nc1ccccc1SCCCCCS(=O)(=O)O. The van der Waals surface area contributed by atoms with Gasteiger partial charge in [-0.05, 0) is 30.7 Å². The summed E-state index contributed by atoms with van der Waals surface area (Å²) < 4.78 is 29.7. The molecule has 0 radical (unpaired) electrons. The van der Waals surface area contributed by atoms with Crippen LogP contribution < -0.4 is 5.32 Å². The predicted octanol–water partition coefficient (Wildman–Crippen LogP) is 2.80. The fourth-order valence-corrected chi connectivity index (χ4v) is 3.22. The van der Waals surface area contributed by atoms with Gasteiger partial charge in [-0.2, -0.15) is 8.42 Å². The molecule has 0 saturated carbocycles. The Morgan fingerprint density at radius 1 is 1.25 bits per heavy atom. The zero-order valence-corrected chi connectivity index (χ0v) is 13.0. The molecule has 0 aromatic heterocycles. The number of rotatable bonds is 8. The van der Waals surface area contributed by atoms with Crippen LogP contribution in [0.3, 0.4) is 0 Å². The van der Waals surface area contributed by atoms with Crippen LogP contribution in [0.15, 0.2) is 29.2 Å². The van der Waals surface area contributed by atoms with Crippen molar-refractivity contribution in [1.82, 2.24) is 0 Å². The van der Waals surface area contributed by atoms with Gasteiger partial charge in [0.1, 0.15) is 0 Å². The number of thioether (sulfide) groups is 1. The van der Waals surface area contributed by atoms with E-state index < -0.39 is 10.1 Å². The van der Waals surface area contributed by atoms with Crippen molar-refractivity contribution in [2.75, 3.05) is 16.8 Å². The quantitative estimate of drug-likeness (QED) is 0.437. The van der Waals surface area contributed by atoms with Crippen molar-refractivity contribution in [2.45, 2.75) is 31.1 Å². The molecule has 0 spiro atoms. The van der Waals surface area contributed by atoms with Crippen LogP contribution in [0.1, 0.15) is 26.2 Å². The second-order valence-corrected chi connectivity index (χ2v) is 7.08. The summed E-state index contributed by atoms with van der Waals surface area (Å²) in [6.07, 6.45) is 2.07. The number of benzene rings is 1. The standard InChI is InChI=1S/C13H19NO4S2/c1-11(15)14-12-7-3-4-8-13(12)19-9-5-2-6-10-20(16,17)18/h3-4,7-8H,2,5-6,9-10H2,1H3,(H,14,15)(H,16,17,18). The van der Waals surface area contributed by atoms with Gasteiger partial charge in [0.05, 0.1) is 11.4 Å². The highest BCUT2D eigenvalue weighted by Gasteiger charge is 2.05. The average molecular weight is 317 g/mol. The maximum absolute atomic E-state index is 11.1. The van der Waals surface area contributed by atoms with E-state index in [9.17, 15) is 13.2 Å². The topological polar surface area (TPSA) is 83.5 Å². The Hall–Kier alpha value is -1.05. The molecule has 0 unspecified atom stereocenters. The number of para-hydroxylation sites is 1. The van der Waals surface area contributed by atoms with Crippen molar-refractivity contribution < 1.29 is 17.8 Å². The fourth-order valence-electron chi connectivity index (χ4n) is 1.63. The van der Waals surface area contributed by atoms with Gasteiger partial charge in [0.15, 0.2) is 0 Å².